The average molecular weight is 235 g/mol. The molecule has 0 unspecified atom stereocenters. The van der Waals surface area contributed by atoms with E-state index in [1.54, 1.807) is 4.90 Å². The van der Waals surface area contributed by atoms with E-state index in [9.17, 15) is 15.3 Å². The van der Waals surface area contributed by atoms with E-state index in [4.69, 9.17) is 5.11 Å². The minimum absolute atomic E-state index is 0.0557. The monoisotopic (exact) mass is 235 g/mol. The normalized spacial score (nSPS) is 12.8. The second kappa shape index (κ2) is 7.97. The van der Waals surface area contributed by atoms with E-state index < -0.39 is 5.54 Å². The van der Waals surface area contributed by atoms with Crippen LogP contribution in [0.5, 0.6) is 0 Å². The Labute approximate surface area is 97.3 Å². The highest BCUT2D eigenvalue weighted by Crippen LogP contribution is 2.16. The first-order chi connectivity index (χ1) is 7.56. The van der Waals surface area contributed by atoms with Crippen molar-refractivity contribution < 1.29 is 20.4 Å². The lowest BCUT2D eigenvalue weighted by Gasteiger charge is -2.40. The minimum atomic E-state index is -1.03. The van der Waals surface area contributed by atoms with Crippen LogP contribution in [0.2, 0.25) is 0 Å². The van der Waals surface area contributed by atoms with Gasteiger partial charge in [0.2, 0.25) is 0 Å². The van der Waals surface area contributed by atoms with Crippen LogP contribution in [0.1, 0.15) is 20.3 Å². The van der Waals surface area contributed by atoms with Gasteiger partial charge in [0.25, 0.3) is 0 Å². The van der Waals surface area contributed by atoms with Gasteiger partial charge in [-0.05, 0) is 18.9 Å². The van der Waals surface area contributed by atoms with E-state index >= 15 is 0 Å². The summed E-state index contributed by atoms with van der Waals surface area (Å²) >= 11 is 0. The minimum Gasteiger partial charge on any atom is -0.395 e. The maximum absolute atomic E-state index is 9.30. The van der Waals surface area contributed by atoms with Gasteiger partial charge in [-0.15, -0.1) is 0 Å². The van der Waals surface area contributed by atoms with Gasteiger partial charge in [-0.25, -0.2) is 0 Å². The molecule has 0 saturated heterocycles. The summed E-state index contributed by atoms with van der Waals surface area (Å²) in [6, 6.07) is 0. The molecule has 5 nitrogen and oxygen atoms in total. The summed E-state index contributed by atoms with van der Waals surface area (Å²) in [6.45, 7) is 4.12. The van der Waals surface area contributed by atoms with E-state index in [0.29, 0.717) is 19.0 Å². The third-order valence-electron chi connectivity index (χ3n) is 2.90. The second-order valence-electron chi connectivity index (χ2n) is 4.59. The molecule has 4 N–H and O–H groups in total. The zero-order chi connectivity index (χ0) is 12.6. The number of aliphatic hydroxyl groups excluding tert-OH is 4. The van der Waals surface area contributed by atoms with Crippen molar-refractivity contribution in [3.63, 3.8) is 0 Å². The predicted octanol–water partition coefficient (Wildman–Crippen LogP) is -0.957. The first-order valence-corrected chi connectivity index (χ1v) is 5.74. The molecule has 0 aromatic carbocycles. The molecule has 5 heteroatoms. The fraction of sp³-hybridized carbons (Fsp3) is 1.00. The van der Waals surface area contributed by atoms with Crippen LogP contribution in [0.3, 0.4) is 0 Å². The van der Waals surface area contributed by atoms with Gasteiger partial charge in [0.15, 0.2) is 0 Å². The Morgan fingerprint density at radius 2 is 1.44 bits per heavy atom. The molecule has 0 rings (SSSR count). The van der Waals surface area contributed by atoms with E-state index in [-0.39, 0.29) is 26.4 Å². The Balaban J connectivity index is 4.56. The van der Waals surface area contributed by atoms with E-state index in [1.807, 2.05) is 0 Å². The van der Waals surface area contributed by atoms with Gasteiger partial charge in [0.05, 0.1) is 32.0 Å². The van der Waals surface area contributed by atoms with Gasteiger partial charge in [-0.3, -0.25) is 4.90 Å². The first kappa shape index (κ1) is 15.8. The largest absolute Gasteiger partial charge is 0.395 e. The molecule has 0 heterocycles. The summed E-state index contributed by atoms with van der Waals surface area (Å²) in [5, 5.41) is 36.9. The maximum Gasteiger partial charge on any atom is 0.0907 e. The third kappa shape index (κ3) is 4.35. The Bertz CT molecular complexity index is 163. The molecule has 0 amide bonds. The molecule has 0 bridgehead atoms. The molecule has 16 heavy (non-hydrogen) atoms. The van der Waals surface area contributed by atoms with Gasteiger partial charge in [0, 0.05) is 6.54 Å². The van der Waals surface area contributed by atoms with Crippen LogP contribution in [-0.2, 0) is 0 Å². The number of nitrogens with zero attached hydrogens (tertiary/aromatic N) is 1. The summed E-state index contributed by atoms with van der Waals surface area (Å²) in [6.07, 6.45) is 0.891. The molecule has 0 saturated carbocycles. The summed E-state index contributed by atoms with van der Waals surface area (Å²) in [4.78, 5) is 1.76. The lowest BCUT2D eigenvalue weighted by molar-refractivity contribution is -0.0545. The molecule has 0 aliphatic carbocycles. The zero-order valence-corrected chi connectivity index (χ0v) is 10.3. The topological polar surface area (TPSA) is 84.2 Å². The van der Waals surface area contributed by atoms with Gasteiger partial charge in [0.1, 0.15) is 0 Å². The van der Waals surface area contributed by atoms with Gasteiger partial charge >= 0.3 is 0 Å². The molecule has 0 radical (unpaired) electrons. The lowest BCUT2D eigenvalue weighted by Crippen LogP contribution is -2.58. The van der Waals surface area contributed by atoms with Crippen molar-refractivity contribution in [2.75, 3.05) is 39.5 Å². The van der Waals surface area contributed by atoms with Crippen molar-refractivity contribution in [3.05, 3.63) is 0 Å². The highest BCUT2D eigenvalue weighted by molar-refractivity contribution is 4.89. The first-order valence-electron chi connectivity index (χ1n) is 5.74. The van der Waals surface area contributed by atoms with Crippen molar-refractivity contribution in [2.45, 2.75) is 25.8 Å². The lowest BCUT2D eigenvalue weighted by atomic mass is 9.99. The maximum atomic E-state index is 9.30. The summed E-state index contributed by atoms with van der Waals surface area (Å²) in [7, 11) is 0. The fourth-order valence-corrected chi connectivity index (χ4v) is 1.57. The predicted molar refractivity (Wildman–Crippen MR) is 62.1 cm³/mol. The second-order valence-corrected chi connectivity index (χ2v) is 4.59. The summed E-state index contributed by atoms with van der Waals surface area (Å²) < 4.78 is 0. The smallest absolute Gasteiger partial charge is 0.0907 e. The molecular weight excluding hydrogens is 210 g/mol. The molecule has 98 valence electrons. The average Bonchev–Trinajstić information content (AvgIpc) is 2.28. The highest BCUT2D eigenvalue weighted by Gasteiger charge is 2.34. The quantitative estimate of drug-likeness (QED) is 0.414. The summed E-state index contributed by atoms with van der Waals surface area (Å²) in [5.74, 6) is 0.495. The molecule has 0 fully saturated rings. The van der Waals surface area contributed by atoms with Crippen molar-refractivity contribution in [1.82, 2.24) is 4.90 Å². The molecule has 0 aliphatic heterocycles. The molecular formula is C11H25NO4. The molecule has 0 aromatic rings. The number of hydrogen-bond donors (Lipinski definition) is 4. The van der Waals surface area contributed by atoms with Crippen molar-refractivity contribution in [2.24, 2.45) is 5.92 Å². The summed E-state index contributed by atoms with van der Waals surface area (Å²) in [5.41, 5.74) is -1.03. The van der Waals surface area contributed by atoms with Crippen LogP contribution in [-0.4, -0.2) is 70.4 Å². The van der Waals surface area contributed by atoms with Crippen LogP contribution in [0.15, 0.2) is 0 Å². The standard InChI is InChI=1S/C11H25NO4/c1-10(2)3-4-12(5-6-13)11(7-14,8-15)9-16/h10,13-16H,3-9H2,1-2H3. The van der Waals surface area contributed by atoms with Crippen molar-refractivity contribution in [3.8, 4) is 0 Å². The molecule has 0 aliphatic rings. The highest BCUT2D eigenvalue weighted by atomic mass is 16.3. The molecule has 0 atom stereocenters. The Kier molecular flexibility index (Phi) is 7.87. The van der Waals surface area contributed by atoms with Gasteiger partial charge in [-0.2, -0.15) is 0 Å². The van der Waals surface area contributed by atoms with E-state index in [1.165, 1.54) is 0 Å². The Morgan fingerprint density at radius 1 is 0.938 bits per heavy atom. The van der Waals surface area contributed by atoms with Crippen LogP contribution in [0.25, 0.3) is 0 Å². The van der Waals surface area contributed by atoms with E-state index in [0.717, 1.165) is 6.42 Å². The molecule has 0 aromatic heterocycles. The number of hydrogen-bond acceptors (Lipinski definition) is 5. The van der Waals surface area contributed by atoms with Gasteiger partial charge in [-0.1, -0.05) is 13.8 Å². The number of β-amino-alcohol motifs (C(OH)–C–C–N with tert-alkyl or cyclic N) is 1. The van der Waals surface area contributed by atoms with Crippen LogP contribution in [0, 0.1) is 5.92 Å². The third-order valence-corrected chi connectivity index (χ3v) is 2.90. The van der Waals surface area contributed by atoms with Gasteiger partial charge < -0.3 is 20.4 Å². The zero-order valence-electron chi connectivity index (χ0n) is 10.3. The van der Waals surface area contributed by atoms with Crippen LogP contribution in [0.4, 0.5) is 0 Å². The van der Waals surface area contributed by atoms with Crippen LogP contribution < -0.4 is 0 Å². The Morgan fingerprint density at radius 3 is 1.75 bits per heavy atom. The van der Waals surface area contributed by atoms with Crippen LogP contribution >= 0.6 is 0 Å². The number of aliphatic hydroxyl groups is 4. The molecule has 0 spiro atoms. The number of rotatable bonds is 9. The Hall–Kier alpha value is -0.200. The fourth-order valence-electron chi connectivity index (χ4n) is 1.57. The van der Waals surface area contributed by atoms with E-state index in [2.05, 4.69) is 13.8 Å². The SMILES string of the molecule is CC(C)CCN(CCO)C(CO)(CO)CO. The van der Waals surface area contributed by atoms with Crippen molar-refractivity contribution >= 4 is 0 Å². The van der Waals surface area contributed by atoms with Crippen molar-refractivity contribution in [1.29, 1.82) is 0 Å².